The number of hydrogen-bond acceptors (Lipinski definition) is 3. The van der Waals surface area contributed by atoms with Gasteiger partial charge in [0, 0.05) is 42.5 Å². The van der Waals surface area contributed by atoms with Gasteiger partial charge in [0.1, 0.15) is 0 Å². The Balaban J connectivity index is 1.84. The van der Waals surface area contributed by atoms with Crippen molar-refractivity contribution >= 4 is 6.09 Å². The normalized spacial score (nSPS) is 27.6. The number of amides is 1. The Kier molecular flexibility index (Phi) is 4.22. The molecule has 2 N–H and O–H groups in total. The third-order valence-corrected chi connectivity index (χ3v) is 6.49. The van der Waals surface area contributed by atoms with Gasteiger partial charge < -0.3 is 10.4 Å². The first kappa shape index (κ1) is 18.0. The molecule has 5 nitrogen and oxygen atoms in total. The maximum atomic E-state index is 12.2. The number of likely N-dealkylation sites (tertiary alicyclic amines) is 1. The Bertz CT molecular complexity index is 846. The molecule has 0 aliphatic carbocycles. The third kappa shape index (κ3) is 2.90. The van der Waals surface area contributed by atoms with Crippen molar-refractivity contribution in [2.45, 2.75) is 39.3 Å². The van der Waals surface area contributed by atoms with Crippen molar-refractivity contribution in [3.8, 4) is 11.1 Å². The van der Waals surface area contributed by atoms with E-state index in [-0.39, 0.29) is 22.9 Å². The van der Waals surface area contributed by atoms with Gasteiger partial charge in [0.15, 0.2) is 0 Å². The van der Waals surface area contributed by atoms with E-state index in [0.717, 1.165) is 29.7 Å². The number of fused-ring (bicyclic) bond motifs is 2. The Morgan fingerprint density at radius 1 is 1.22 bits per heavy atom. The number of piperidine rings is 1. The van der Waals surface area contributed by atoms with Crippen LogP contribution >= 0.6 is 0 Å². The van der Waals surface area contributed by atoms with Crippen LogP contribution in [0.1, 0.15) is 38.8 Å². The van der Waals surface area contributed by atoms with Crippen LogP contribution < -0.4 is 5.32 Å². The molecule has 3 unspecified atom stereocenters. The van der Waals surface area contributed by atoms with Crippen molar-refractivity contribution in [2.24, 2.45) is 10.8 Å². The number of aromatic nitrogens is 1. The van der Waals surface area contributed by atoms with E-state index in [4.69, 9.17) is 0 Å². The molecule has 27 heavy (non-hydrogen) atoms. The number of rotatable bonds is 2. The maximum absolute atomic E-state index is 12.2. The Morgan fingerprint density at radius 3 is 2.63 bits per heavy atom. The lowest BCUT2D eigenvalue weighted by molar-refractivity contribution is -0.0269. The summed E-state index contributed by atoms with van der Waals surface area (Å²) in [6.07, 6.45) is 3.83. The first-order valence-electron chi connectivity index (χ1n) is 9.55. The van der Waals surface area contributed by atoms with Crippen LogP contribution in [0.15, 0.2) is 48.8 Å². The van der Waals surface area contributed by atoms with Crippen LogP contribution in [-0.4, -0.2) is 40.2 Å². The average Bonchev–Trinajstić information content (AvgIpc) is 3.00. The van der Waals surface area contributed by atoms with Crippen LogP contribution in [-0.2, 0) is 0 Å². The van der Waals surface area contributed by atoms with Gasteiger partial charge in [0.25, 0.3) is 0 Å². The summed E-state index contributed by atoms with van der Waals surface area (Å²) in [6, 6.07) is 12.3. The summed E-state index contributed by atoms with van der Waals surface area (Å²) in [7, 11) is 0. The van der Waals surface area contributed by atoms with Crippen LogP contribution in [0.2, 0.25) is 0 Å². The Hall–Kier alpha value is -2.40. The predicted octanol–water partition coefficient (Wildman–Crippen LogP) is 4.18. The predicted molar refractivity (Wildman–Crippen MR) is 105 cm³/mol. The highest BCUT2D eigenvalue weighted by Crippen LogP contribution is 2.58. The number of hydrogen-bond donors (Lipinski definition) is 2. The van der Waals surface area contributed by atoms with Crippen molar-refractivity contribution in [2.75, 3.05) is 13.1 Å². The zero-order valence-corrected chi connectivity index (χ0v) is 16.1. The summed E-state index contributed by atoms with van der Waals surface area (Å²) in [5, 5.41) is 13.5. The number of carboxylic acid groups (broad SMARTS) is 1. The van der Waals surface area contributed by atoms with Gasteiger partial charge in [-0.05, 0) is 29.0 Å². The van der Waals surface area contributed by atoms with Gasteiger partial charge in [0.2, 0.25) is 0 Å². The van der Waals surface area contributed by atoms with E-state index >= 15 is 0 Å². The first-order chi connectivity index (χ1) is 12.8. The number of benzene rings is 1. The summed E-state index contributed by atoms with van der Waals surface area (Å²) in [5.74, 6) is 0. The molecular weight excluding hydrogens is 338 g/mol. The second kappa shape index (κ2) is 6.34. The van der Waals surface area contributed by atoms with Gasteiger partial charge in [-0.25, -0.2) is 4.79 Å². The molecule has 2 bridgehead atoms. The Morgan fingerprint density at radius 2 is 1.96 bits per heavy atom. The highest BCUT2D eigenvalue weighted by Gasteiger charge is 2.59. The van der Waals surface area contributed by atoms with Gasteiger partial charge in [-0.3, -0.25) is 9.88 Å². The van der Waals surface area contributed by atoms with Crippen LogP contribution in [0, 0.1) is 10.8 Å². The largest absolute Gasteiger partial charge is 0.465 e. The molecule has 1 amide bonds. The SMILES string of the molecule is CC(C)(C)C12CNC(CN(C(=O)O)C1c1cncc(-c3ccccc3)c1)C2. The van der Waals surface area contributed by atoms with E-state index in [9.17, 15) is 9.90 Å². The standard InChI is InChI=1S/C22H27N3O2/c1-21(2,3)22-10-18(24-14-22)13-25(20(26)27)19(22)17-9-16(11-23-12-17)15-7-5-4-6-8-15/h4-9,11-12,18-19,24H,10,13-14H2,1-3H3,(H,26,27). The number of nitrogens with zero attached hydrogens (tertiary/aromatic N) is 2. The molecule has 5 heteroatoms. The maximum Gasteiger partial charge on any atom is 0.407 e. The summed E-state index contributed by atoms with van der Waals surface area (Å²) >= 11 is 0. The van der Waals surface area contributed by atoms with E-state index in [1.54, 1.807) is 4.90 Å². The fraction of sp³-hybridized carbons (Fsp3) is 0.455. The minimum absolute atomic E-state index is 0.0453. The lowest BCUT2D eigenvalue weighted by Gasteiger charge is -2.53. The first-order valence-corrected chi connectivity index (χ1v) is 9.55. The molecule has 3 atom stereocenters. The molecule has 1 aromatic carbocycles. The van der Waals surface area contributed by atoms with E-state index in [1.807, 2.05) is 30.6 Å². The molecule has 2 aromatic rings. The second-order valence-corrected chi connectivity index (χ2v) is 8.90. The highest BCUT2D eigenvalue weighted by atomic mass is 16.4. The van der Waals surface area contributed by atoms with Gasteiger partial charge in [-0.2, -0.15) is 0 Å². The lowest BCUT2D eigenvalue weighted by Crippen LogP contribution is -2.55. The smallest absolute Gasteiger partial charge is 0.407 e. The van der Waals surface area contributed by atoms with Crippen LogP contribution in [0.3, 0.4) is 0 Å². The summed E-state index contributed by atoms with van der Waals surface area (Å²) < 4.78 is 0. The zero-order valence-electron chi connectivity index (χ0n) is 16.1. The number of carbonyl (C=O) groups is 1. The number of pyridine rings is 1. The van der Waals surface area contributed by atoms with E-state index < -0.39 is 6.09 Å². The fourth-order valence-corrected chi connectivity index (χ4v) is 4.95. The molecule has 0 saturated carbocycles. The van der Waals surface area contributed by atoms with E-state index in [2.05, 4.69) is 49.3 Å². The molecule has 1 aromatic heterocycles. The molecular formula is C22H27N3O2. The van der Waals surface area contributed by atoms with Crippen LogP contribution in [0.25, 0.3) is 11.1 Å². The van der Waals surface area contributed by atoms with E-state index in [0.29, 0.717) is 6.54 Å². The molecule has 0 spiro atoms. The van der Waals surface area contributed by atoms with Crippen molar-refractivity contribution < 1.29 is 9.90 Å². The molecule has 2 saturated heterocycles. The number of nitrogens with one attached hydrogen (secondary N) is 1. The average molecular weight is 365 g/mol. The van der Waals surface area contributed by atoms with Crippen LogP contribution in [0.4, 0.5) is 4.79 Å². The van der Waals surface area contributed by atoms with Gasteiger partial charge >= 0.3 is 6.09 Å². The van der Waals surface area contributed by atoms with Gasteiger partial charge in [-0.1, -0.05) is 51.1 Å². The molecule has 3 heterocycles. The van der Waals surface area contributed by atoms with Gasteiger partial charge in [-0.15, -0.1) is 0 Å². The monoisotopic (exact) mass is 365 g/mol. The molecule has 2 fully saturated rings. The van der Waals surface area contributed by atoms with Crippen molar-refractivity contribution in [3.63, 3.8) is 0 Å². The minimum atomic E-state index is -0.855. The summed E-state index contributed by atoms with van der Waals surface area (Å²) in [4.78, 5) is 18.3. The topological polar surface area (TPSA) is 65.5 Å². The third-order valence-electron chi connectivity index (χ3n) is 6.49. The fourth-order valence-electron chi connectivity index (χ4n) is 4.95. The lowest BCUT2D eigenvalue weighted by atomic mass is 9.58. The van der Waals surface area contributed by atoms with Crippen molar-refractivity contribution in [1.29, 1.82) is 0 Å². The van der Waals surface area contributed by atoms with Crippen molar-refractivity contribution in [1.82, 2.24) is 15.2 Å². The highest BCUT2D eigenvalue weighted by molar-refractivity contribution is 5.68. The Labute approximate surface area is 160 Å². The quantitative estimate of drug-likeness (QED) is 0.838. The molecule has 2 aliphatic heterocycles. The molecule has 142 valence electrons. The van der Waals surface area contributed by atoms with Gasteiger partial charge in [0.05, 0.1) is 6.04 Å². The molecule has 4 rings (SSSR count). The van der Waals surface area contributed by atoms with Crippen LogP contribution in [0.5, 0.6) is 0 Å². The molecule has 2 aliphatic rings. The van der Waals surface area contributed by atoms with E-state index in [1.165, 1.54) is 0 Å². The zero-order chi connectivity index (χ0) is 19.2. The van der Waals surface area contributed by atoms with Crippen molar-refractivity contribution in [3.05, 3.63) is 54.4 Å². The summed E-state index contributed by atoms with van der Waals surface area (Å²) in [6.45, 7) is 8.02. The minimum Gasteiger partial charge on any atom is -0.465 e. The second-order valence-electron chi connectivity index (χ2n) is 8.90. The molecule has 0 radical (unpaired) electrons. The summed E-state index contributed by atoms with van der Waals surface area (Å²) in [5.41, 5.74) is 2.89.